The van der Waals surface area contributed by atoms with Crippen molar-refractivity contribution in [3.05, 3.63) is 78.8 Å². The van der Waals surface area contributed by atoms with E-state index in [1.54, 1.807) is 0 Å². The zero-order chi connectivity index (χ0) is 30.6. The average Bonchev–Trinajstić information content (AvgIpc) is 3.63. The molecule has 1 fully saturated rings. The lowest BCUT2D eigenvalue weighted by molar-refractivity contribution is -0.127. The molecule has 3 heterocycles. The summed E-state index contributed by atoms with van der Waals surface area (Å²) in [4.78, 5) is 26.6. The average molecular weight is 578 g/mol. The van der Waals surface area contributed by atoms with Crippen LogP contribution in [0.5, 0.6) is 11.5 Å². The van der Waals surface area contributed by atoms with E-state index in [1.165, 1.54) is 6.33 Å². The van der Waals surface area contributed by atoms with Crippen LogP contribution in [0.25, 0.3) is 22.2 Å². The molecule has 0 radical (unpaired) electrons. The Kier molecular flexibility index (Phi) is 8.78. The Labute approximate surface area is 253 Å². The van der Waals surface area contributed by atoms with Gasteiger partial charge < -0.3 is 19.9 Å². The van der Waals surface area contributed by atoms with Crippen LogP contribution in [0.3, 0.4) is 0 Å². The van der Waals surface area contributed by atoms with Crippen LogP contribution in [0.2, 0.25) is 0 Å². The monoisotopic (exact) mass is 577 g/mol. The number of amides is 1. The van der Waals surface area contributed by atoms with Gasteiger partial charge in [0.1, 0.15) is 40.9 Å². The second-order valence-electron chi connectivity index (χ2n) is 11.4. The van der Waals surface area contributed by atoms with E-state index in [0.29, 0.717) is 24.6 Å². The highest BCUT2D eigenvalue weighted by atomic mass is 16.5. The maximum absolute atomic E-state index is 13.7. The highest BCUT2D eigenvalue weighted by Gasteiger charge is 2.33. The quantitative estimate of drug-likeness (QED) is 0.181. The third kappa shape index (κ3) is 6.25. The summed E-state index contributed by atoms with van der Waals surface area (Å²) in [5.41, 5.74) is 8.74. The van der Waals surface area contributed by atoms with Gasteiger partial charge in [0, 0.05) is 30.4 Å². The van der Waals surface area contributed by atoms with E-state index in [0.717, 1.165) is 53.9 Å². The van der Waals surface area contributed by atoms with Crippen LogP contribution in [-0.2, 0) is 11.3 Å². The normalized spacial score (nSPS) is 15.7. The Balaban J connectivity index is 1.42. The number of ether oxygens (including phenoxy) is 1. The van der Waals surface area contributed by atoms with Crippen molar-refractivity contribution < 1.29 is 9.53 Å². The van der Waals surface area contributed by atoms with Crippen LogP contribution < -0.4 is 10.5 Å². The van der Waals surface area contributed by atoms with Gasteiger partial charge in [-0.3, -0.25) is 9.69 Å². The van der Waals surface area contributed by atoms with Crippen molar-refractivity contribution in [2.45, 2.75) is 58.7 Å². The smallest absolute Gasteiger partial charge is 0.264 e. The van der Waals surface area contributed by atoms with Gasteiger partial charge in [-0.1, -0.05) is 44.2 Å². The number of para-hydroxylation sites is 1. The molecule has 0 spiro atoms. The Morgan fingerprint density at radius 3 is 2.49 bits per heavy atom. The molecule has 2 N–H and O–H groups in total. The number of benzene rings is 2. The summed E-state index contributed by atoms with van der Waals surface area (Å²) < 4.78 is 8.03. The number of nitriles is 1. The molecule has 222 valence electrons. The first kappa shape index (κ1) is 29.8. The lowest BCUT2D eigenvalue weighted by Gasteiger charge is -2.35. The van der Waals surface area contributed by atoms with Gasteiger partial charge in [-0.2, -0.15) is 5.26 Å². The first-order valence-electron chi connectivity index (χ1n) is 14.9. The number of carbonyl (C=O) groups excluding carboxylic acids is 1. The predicted molar refractivity (Wildman–Crippen MR) is 169 cm³/mol. The maximum Gasteiger partial charge on any atom is 0.264 e. The van der Waals surface area contributed by atoms with Crippen molar-refractivity contribution in [2.24, 2.45) is 0 Å². The number of hydrogen-bond donors (Lipinski definition) is 1. The molecule has 1 amide bonds. The Morgan fingerprint density at radius 2 is 1.81 bits per heavy atom. The summed E-state index contributed by atoms with van der Waals surface area (Å²) in [5.74, 6) is 1.68. The topological polar surface area (TPSA) is 113 Å². The zero-order valence-electron chi connectivity index (χ0n) is 25.3. The van der Waals surface area contributed by atoms with Gasteiger partial charge in [0.05, 0.1) is 11.4 Å². The van der Waals surface area contributed by atoms with E-state index < -0.39 is 5.54 Å². The summed E-state index contributed by atoms with van der Waals surface area (Å²) in [6.07, 6.45) is 7.04. The van der Waals surface area contributed by atoms with Crippen LogP contribution in [0, 0.1) is 11.3 Å². The largest absolute Gasteiger partial charge is 0.457 e. The minimum atomic E-state index is -0.416. The molecule has 0 unspecified atom stereocenters. The molecule has 9 nitrogen and oxygen atoms in total. The standard InChI is InChI=1S/C34H39N7O2/c1-5-40(6-2)34(3,4)19-25(20-35)33(42)41-18-10-11-26(41)21-39-22-29(30-31(36)37-23-38-32(30)39)24-14-16-28(17-15-24)43-27-12-8-7-9-13-27/h7-9,12-17,19,22-23,26H,5-6,10-11,18,21H2,1-4H3,(H2,36,37,38)/b25-19+/t26-/m0/s1. The number of hydrogen-bond acceptors (Lipinski definition) is 7. The first-order chi connectivity index (χ1) is 20.7. The lowest BCUT2D eigenvalue weighted by atomic mass is 9.98. The summed E-state index contributed by atoms with van der Waals surface area (Å²) in [5, 5.41) is 10.8. The third-order valence-corrected chi connectivity index (χ3v) is 8.30. The molecule has 2 aromatic carbocycles. The van der Waals surface area contributed by atoms with Crippen molar-refractivity contribution in [3.63, 3.8) is 0 Å². The molecule has 4 aromatic rings. The highest BCUT2D eigenvalue weighted by Crippen LogP contribution is 2.35. The van der Waals surface area contributed by atoms with E-state index in [-0.39, 0.29) is 17.5 Å². The molecular formula is C34H39N7O2. The molecule has 1 atom stereocenters. The number of nitrogen functional groups attached to an aromatic ring is 1. The van der Waals surface area contributed by atoms with Crippen molar-refractivity contribution in [2.75, 3.05) is 25.4 Å². The van der Waals surface area contributed by atoms with Gasteiger partial charge in [0.2, 0.25) is 0 Å². The van der Waals surface area contributed by atoms with Gasteiger partial charge in [-0.25, -0.2) is 9.97 Å². The van der Waals surface area contributed by atoms with Gasteiger partial charge in [-0.15, -0.1) is 0 Å². The van der Waals surface area contributed by atoms with Crippen LogP contribution in [0.4, 0.5) is 5.82 Å². The maximum atomic E-state index is 13.7. The molecule has 1 aliphatic heterocycles. The molecule has 43 heavy (non-hydrogen) atoms. The number of carbonyl (C=O) groups is 1. The summed E-state index contributed by atoms with van der Waals surface area (Å²) in [7, 11) is 0. The number of aromatic nitrogens is 3. The van der Waals surface area contributed by atoms with E-state index in [1.807, 2.05) is 85.6 Å². The minimum absolute atomic E-state index is 0.0814. The van der Waals surface area contributed by atoms with Gasteiger partial charge in [-0.05, 0) is 75.7 Å². The number of rotatable bonds is 10. The second kappa shape index (κ2) is 12.7. The molecule has 1 saturated heterocycles. The Morgan fingerprint density at radius 1 is 1.12 bits per heavy atom. The van der Waals surface area contributed by atoms with E-state index in [9.17, 15) is 10.1 Å². The van der Waals surface area contributed by atoms with Crippen molar-refractivity contribution in [1.82, 2.24) is 24.3 Å². The number of nitrogens with zero attached hydrogens (tertiary/aromatic N) is 6. The van der Waals surface area contributed by atoms with Crippen LogP contribution in [0.1, 0.15) is 40.5 Å². The fraction of sp³-hybridized carbons (Fsp3) is 0.353. The van der Waals surface area contributed by atoms with E-state index >= 15 is 0 Å². The van der Waals surface area contributed by atoms with Crippen molar-refractivity contribution >= 4 is 22.8 Å². The molecule has 2 aromatic heterocycles. The number of fused-ring (bicyclic) bond motifs is 1. The lowest BCUT2D eigenvalue weighted by Crippen LogP contribution is -2.44. The van der Waals surface area contributed by atoms with E-state index in [4.69, 9.17) is 10.5 Å². The Bertz CT molecular complexity index is 1650. The van der Waals surface area contributed by atoms with Gasteiger partial charge >= 0.3 is 0 Å². The predicted octanol–water partition coefficient (Wildman–Crippen LogP) is 6.03. The SMILES string of the molecule is CCN(CC)C(C)(C)/C=C(\C#N)C(=O)N1CCC[C@H]1Cn1cc(-c2ccc(Oc3ccccc3)cc2)c2c(N)ncnc21. The molecule has 0 aliphatic carbocycles. The third-order valence-electron chi connectivity index (χ3n) is 8.30. The van der Waals surface area contributed by atoms with E-state index in [2.05, 4.69) is 39.4 Å². The number of nitrogens with two attached hydrogens (primary N) is 1. The summed E-state index contributed by atoms with van der Waals surface area (Å²) in [6.45, 7) is 11.1. The Hall–Kier alpha value is -4.68. The minimum Gasteiger partial charge on any atom is -0.457 e. The second-order valence-corrected chi connectivity index (χ2v) is 11.4. The molecule has 0 bridgehead atoms. The number of likely N-dealkylation sites (tertiary alicyclic amines) is 1. The zero-order valence-corrected chi connectivity index (χ0v) is 25.3. The molecule has 9 heteroatoms. The van der Waals surface area contributed by atoms with Crippen LogP contribution in [-0.4, -0.2) is 61.5 Å². The van der Waals surface area contributed by atoms with Crippen molar-refractivity contribution in [1.29, 1.82) is 5.26 Å². The molecule has 5 rings (SSSR count). The number of likely N-dealkylation sites (N-methyl/N-ethyl adjacent to an activating group) is 1. The molecular weight excluding hydrogens is 538 g/mol. The fourth-order valence-electron chi connectivity index (χ4n) is 6.13. The van der Waals surface area contributed by atoms with Crippen molar-refractivity contribution in [3.8, 4) is 28.7 Å². The fourth-order valence-corrected chi connectivity index (χ4v) is 6.13. The first-order valence-corrected chi connectivity index (χ1v) is 14.9. The summed E-state index contributed by atoms with van der Waals surface area (Å²) in [6, 6.07) is 19.6. The molecule has 1 aliphatic rings. The van der Waals surface area contributed by atoms with Crippen LogP contribution >= 0.6 is 0 Å². The molecule has 0 saturated carbocycles. The highest BCUT2D eigenvalue weighted by molar-refractivity contribution is 6.01. The summed E-state index contributed by atoms with van der Waals surface area (Å²) >= 11 is 0. The van der Waals surface area contributed by atoms with Crippen LogP contribution in [0.15, 0.2) is 78.8 Å². The van der Waals surface area contributed by atoms with Gasteiger partial charge in [0.15, 0.2) is 0 Å². The van der Waals surface area contributed by atoms with Gasteiger partial charge in [0.25, 0.3) is 5.91 Å². The number of anilines is 1.